The summed E-state index contributed by atoms with van der Waals surface area (Å²) in [5.41, 5.74) is 5.66. The fourth-order valence-electron chi connectivity index (χ4n) is 1.69. The fourth-order valence-corrected chi connectivity index (χ4v) is 1.97. The third-order valence-corrected chi connectivity index (χ3v) is 2.64. The number of hydrogen-bond donors (Lipinski definition) is 2. The summed E-state index contributed by atoms with van der Waals surface area (Å²) >= 11 is 6.00. The highest BCUT2D eigenvalue weighted by molar-refractivity contribution is 6.31. The minimum absolute atomic E-state index is 0. The Morgan fingerprint density at radius 1 is 1.19 bits per heavy atom. The van der Waals surface area contributed by atoms with Crippen LogP contribution in [0.3, 0.4) is 0 Å². The van der Waals surface area contributed by atoms with Crippen molar-refractivity contribution in [2.45, 2.75) is 13.8 Å². The molecule has 5 heteroatoms. The van der Waals surface area contributed by atoms with Crippen molar-refractivity contribution in [2.75, 3.05) is 5.43 Å². The van der Waals surface area contributed by atoms with Crippen LogP contribution in [0, 0.1) is 13.8 Å². The van der Waals surface area contributed by atoms with Gasteiger partial charge in [0.15, 0.2) is 0 Å². The Bertz CT molecular complexity index is 526. The molecule has 0 amide bonds. The molecule has 0 aliphatic heterocycles. The van der Waals surface area contributed by atoms with E-state index in [0.29, 0.717) is 5.82 Å². The van der Waals surface area contributed by atoms with Crippen LogP contribution in [0.25, 0.3) is 10.9 Å². The molecule has 1 aromatic carbocycles. The Kier molecular flexibility index (Phi) is 3.97. The Morgan fingerprint density at radius 2 is 1.88 bits per heavy atom. The lowest BCUT2D eigenvalue weighted by Crippen LogP contribution is -2.09. The molecule has 1 aromatic heterocycles. The molecular weight excluding hydrogens is 245 g/mol. The zero-order chi connectivity index (χ0) is 11.0. The molecule has 0 spiro atoms. The molecule has 0 radical (unpaired) electrons. The first-order valence-electron chi connectivity index (χ1n) is 4.66. The average Bonchev–Trinajstić information content (AvgIpc) is 2.19. The lowest BCUT2D eigenvalue weighted by molar-refractivity contribution is 1.24. The number of nitrogens with two attached hydrogens (primary N) is 1. The van der Waals surface area contributed by atoms with E-state index in [4.69, 9.17) is 17.4 Å². The smallest absolute Gasteiger partial charge is 0.140 e. The Morgan fingerprint density at radius 3 is 2.50 bits per heavy atom. The molecule has 0 saturated carbocycles. The molecule has 0 atom stereocenters. The molecule has 1 heterocycles. The van der Waals surface area contributed by atoms with Gasteiger partial charge in [-0.3, -0.25) is 0 Å². The van der Waals surface area contributed by atoms with Crippen molar-refractivity contribution in [2.24, 2.45) is 5.84 Å². The molecular formula is C11H13Cl2N3. The summed E-state index contributed by atoms with van der Waals surface area (Å²) in [6.45, 7) is 4.00. The van der Waals surface area contributed by atoms with Gasteiger partial charge in [0.05, 0.1) is 5.52 Å². The summed E-state index contributed by atoms with van der Waals surface area (Å²) in [6, 6.07) is 5.72. The van der Waals surface area contributed by atoms with Crippen molar-refractivity contribution >= 4 is 40.7 Å². The van der Waals surface area contributed by atoms with E-state index in [0.717, 1.165) is 27.1 Å². The van der Waals surface area contributed by atoms with Crippen LogP contribution in [0.4, 0.5) is 5.82 Å². The number of hydrogen-bond acceptors (Lipinski definition) is 3. The van der Waals surface area contributed by atoms with Gasteiger partial charge in [0.2, 0.25) is 0 Å². The van der Waals surface area contributed by atoms with Gasteiger partial charge in [-0.05, 0) is 43.2 Å². The quantitative estimate of drug-likeness (QED) is 0.610. The molecule has 0 saturated heterocycles. The van der Waals surface area contributed by atoms with E-state index in [9.17, 15) is 0 Å². The van der Waals surface area contributed by atoms with E-state index in [1.54, 1.807) is 0 Å². The topological polar surface area (TPSA) is 50.9 Å². The van der Waals surface area contributed by atoms with Gasteiger partial charge in [0.1, 0.15) is 5.82 Å². The first-order chi connectivity index (χ1) is 7.11. The largest absolute Gasteiger partial charge is 0.308 e. The highest BCUT2D eigenvalue weighted by atomic mass is 35.5. The normalized spacial score (nSPS) is 10.0. The summed E-state index contributed by atoms with van der Waals surface area (Å²) in [4.78, 5) is 4.40. The van der Waals surface area contributed by atoms with E-state index < -0.39 is 0 Å². The van der Waals surface area contributed by atoms with Crippen LogP contribution in [0.1, 0.15) is 11.1 Å². The molecule has 0 fully saturated rings. The van der Waals surface area contributed by atoms with Crippen molar-refractivity contribution < 1.29 is 0 Å². The summed E-state index contributed by atoms with van der Waals surface area (Å²) in [7, 11) is 0. The monoisotopic (exact) mass is 257 g/mol. The molecule has 0 bridgehead atoms. The molecule has 0 unspecified atom stereocenters. The second-order valence-corrected chi connectivity index (χ2v) is 4.02. The summed E-state index contributed by atoms with van der Waals surface area (Å²) in [5.74, 6) is 6.02. The molecule has 2 aromatic rings. The Hall–Kier alpha value is -1.03. The van der Waals surface area contributed by atoms with Gasteiger partial charge in [0.25, 0.3) is 0 Å². The first-order valence-corrected chi connectivity index (χ1v) is 5.03. The van der Waals surface area contributed by atoms with Crippen LogP contribution >= 0.6 is 24.0 Å². The van der Waals surface area contributed by atoms with Crippen molar-refractivity contribution in [1.82, 2.24) is 4.98 Å². The number of hydrazine groups is 1. The number of halogens is 2. The molecule has 0 aliphatic carbocycles. The minimum Gasteiger partial charge on any atom is -0.308 e. The van der Waals surface area contributed by atoms with Crippen LogP contribution in [0.5, 0.6) is 0 Å². The number of fused-ring (bicyclic) bond motifs is 1. The second-order valence-electron chi connectivity index (χ2n) is 3.59. The lowest BCUT2D eigenvalue weighted by Gasteiger charge is -2.08. The van der Waals surface area contributed by atoms with Gasteiger partial charge >= 0.3 is 0 Å². The van der Waals surface area contributed by atoms with Gasteiger partial charge in [-0.25, -0.2) is 10.8 Å². The van der Waals surface area contributed by atoms with Crippen molar-refractivity contribution in [3.63, 3.8) is 0 Å². The first kappa shape index (κ1) is 13.0. The zero-order valence-corrected chi connectivity index (χ0v) is 10.6. The molecule has 16 heavy (non-hydrogen) atoms. The maximum atomic E-state index is 6.00. The molecule has 3 nitrogen and oxygen atoms in total. The van der Waals surface area contributed by atoms with Crippen LogP contribution in [-0.4, -0.2) is 4.98 Å². The third kappa shape index (κ3) is 2.21. The number of anilines is 1. The van der Waals surface area contributed by atoms with Gasteiger partial charge in [-0.1, -0.05) is 11.6 Å². The Balaban J connectivity index is 0.00000128. The van der Waals surface area contributed by atoms with Gasteiger partial charge in [-0.2, -0.15) is 0 Å². The van der Waals surface area contributed by atoms with E-state index in [1.807, 2.05) is 32.0 Å². The number of benzene rings is 1. The molecule has 86 valence electrons. The zero-order valence-electron chi connectivity index (χ0n) is 9.04. The maximum Gasteiger partial charge on any atom is 0.140 e. The van der Waals surface area contributed by atoms with E-state index in [1.165, 1.54) is 0 Å². The number of nitrogens with one attached hydrogen (secondary N) is 1. The van der Waals surface area contributed by atoms with Crippen molar-refractivity contribution in [3.8, 4) is 0 Å². The molecule has 0 aliphatic rings. The van der Waals surface area contributed by atoms with Gasteiger partial charge in [-0.15, -0.1) is 12.4 Å². The van der Waals surface area contributed by atoms with Crippen molar-refractivity contribution in [3.05, 3.63) is 34.3 Å². The number of nitrogens with zero attached hydrogens (tertiary/aromatic N) is 1. The lowest BCUT2D eigenvalue weighted by atomic mass is 10.1. The maximum absolute atomic E-state index is 6.00. The third-order valence-electron chi connectivity index (χ3n) is 2.42. The average molecular weight is 258 g/mol. The molecule has 2 rings (SSSR count). The number of aryl methyl sites for hydroxylation is 2. The number of nitrogen functional groups attached to an aromatic ring is 1. The standard InChI is InChI=1S/C11H12ClN3.ClH/c1-6-4-10(15-13)14-11-7(2)3-8(12)5-9(6)11;/h3-5H,13H2,1-2H3,(H,14,15);1H. The van der Waals surface area contributed by atoms with Gasteiger partial charge in [0, 0.05) is 10.4 Å². The molecule has 3 N–H and O–H groups in total. The van der Waals surface area contributed by atoms with Crippen LogP contribution in [-0.2, 0) is 0 Å². The summed E-state index contributed by atoms with van der Waals surface area (Å²) < 4.78 is 0. The van der Waals surface area contributed by atoms with E-state index >= 15 is 0 Å². The van der Waals surface area contributed by atoms with E-state index in [2.05, 4.69) is 10.4 Å². The highest BCUT2D eigenvalue weighted by Gasteiger charge is 2.05. The number of rotatable bonds is 1. The predicted molar refractivity (Wildman–Crippen MR) is 71.3 cm³/mol. The van der Waals surface area contributed by atoms with Crippen molar-refractivity contribution in [1.29, 1.82) is 0 Å². The summed E-state index contributed by atoms with van der Waals surface area (Å²) in [6.07, 6.45) is 0. The fraction of sp³-hybridized carbons (Fsp3) is 0.182. The number of pyridine rings is 1. The van der Waals surface area contributed by atoms with Crippen LogP contribution in [0.2, 0.25) is 5.02 Å². The van der Waals surface area contributed by atoms with Crippen LogP contribution < -0.4 is 11.3 Å². The minimum atomic E-state index is 0. The van der Waals surface area contributed by atoms with Crippen LogP contribution in [0.15, 0.2) is 18.2 Å². The van der Waals surface area contributed by atoms with Gasteiger partial charge < -0.3 is 5.43 Å². The SMILES string of the molecule is Cc1cc(NN)nc2c(C)cc(Cl)cc12.Cl. The highest BCUT2D eigenvalue weighted by Crippen LogP contribution is 2.26. The Labute approximate surface area is 105 Å². The second kappa shape index (κ2) is 4.87. The summed E-state index contributed by atoms with van der Waals surface area (Å²) in [5, 5.41) is 1.80. The predicted octanol–water partition coefficient (Wildman–Crippen LogP) is 3.21. The van der Waals surface area contributed by atoms with E-state index in [-0.39, 0.29) is 12.4 Å². The number of aromatic nitrogens is 1.